The number of nitrogens with zero attached hydrogens (tertiary/aromatic N) is 3. The van der Waals surface area contributed by atoms with Crippen LogP contribution in [0, 0.1) is 11.8 Å². The fourth-order valence-corrected chi connectivity index (χ4v) is 2.42. The summed E-state index contributed by atoms with van der Waals surface area (Å²) in [5.41, 5.74) is 0. The zero-order valence-corrected chi connectivity index (χ0v) is 11.1. The van der Waals surface area contributed by atoms with Crippen LogP contribution in [0.5, 0.6) is 0 Å². The van der Waals surface area contributed by atoms with Crippen LogP contribution in [0.2, 0.25) is 0 Å². The molecular formula is C13H23N3O. The quantitative estimate of drug-likeness (QED) is 0.807. The molecule has 1 unspecified atom stereocenters. The molecule has 2 heterocycles. The SMILES string of the molecule is CC(C)Cc1nc(CN2CCCC(C)C2)no1. The van der Waals surface area contributed by atoms with Crippen molar-refractivity contribution in [3.63, 3.8) is 0 Å². The van der Waals surface area contributed by atoms with Crippen molar-refractivity contribution in [3.05, 3.63) is 11.7 Å². The molecule has 1 atom stereocenters. The van der Waals surface area contributed by atoms with Gasteiger partial charge in [-0.2, -0.15) is 4.98 Å². The number of hydrogen-bond acceptors (Lipinski definition) is 4. The van der Waals surface area contributed by atoms with E-state index in [1.54, 1.807) is 0 Å². The Labute approximate surface area is 103 Å². The number of aromatic nitrogens is 2. The lowest BCUT2D eigenvalue weighted by atomic mass is 10.0. The van der Waals surface area contributed by atoms with E-state index in [1.165, 1.54) is 19.4 Å². The van der Waals surface area contributed by atoms with E-state index in [0.717, 1.165) is 37.1 Å². The van der Waals surface area contributed by atoms with E-state index in [2.05, 4.69) is 35.8 Å². The Bertz CT molecular complexity index is 348. The highest BCUT2D eigenvalue weighted by atomic mass is 16.5. The third-order valence-electron chi connectivity index (χ3n) is 3.20. The van der Waals surface area contributed by atoms with Crippen molar-refractivity contribution in [2.75, 3.05) is 13.1 Å². The molecule has 0 N–H and O–H groups in total. The monoisotopic (exact) mass is 237 g/mol. The summed E-state index contributed by atoms with van der Waals surface area (Å²) in [7, 11) is 0. The fraction of sp³-hybridized carbons (Fsp3) is 0.846. The molecule has 0 saturated carbocycles. The predicted molar refractivity (Wildman–Crippen MR) is 66.5 cm³/mol. The van der Waals surface area contributed by atoms with Crippen molar-refractivity contribution in [1.29, 1.82) is 0 Å². The van der Waals surface area contributed by atoms with Crippen molar-refractivity contribution in [3.8, 4) is 0 Å². The molecule has 0 spiro atoms. The van der Waals surface area contributed by atoms with E-state index in [-0.39, 0.29) is 0 Å². The van der Waals surface area contributed by atoms with Gasteiger partial charge in [0.15, 0.2) is 5.82 Å². The van der Waals surface area contributed by atoms with Crippen molar-refractivity contribution in [2.45, 2.75) is 46.6 Å². The summed E-state index contributed by atoms with van der Waals surface area (Å²) in [5, 5.41) is 4.06. The Kier molecular flexibility index (Phi) is 4.15. The van der Waals surface area contributed by atoms with Crippen molar-refractivity contribution in [2.24, 2.45) is 11.8 Å². The minimum absolute atomic E-state index is 0.568. The maximum absolute atomic E-state index is 5.26. The first-order valence-corrected chi connectivity index (χ1v) is 6.67. The van der Waals surface area contributed by atoms with Crippen molar-refractivity contribution in [1.82, 2.24) is 15.0 Å². The van der Waals surface area contributed by atoms with E-state index < -0.39 is 0 Å². The lowest BCUT2D eigenvalue weighted by Gasteiger charge is -2.29. The van der Waals surface area contributed by atoms with Crippen LogP contribution in [0.15, 0.2) is 4.52 Å². The van der Waals surface area contributed by atoms with Gasteiger partial charge in [-0.05, 0) is 31.2 Å². The zero-order chi connectivity index (χ0) is 12.3. The standard InChI is InChI=1S/C13H23N3O/c1-10(2)7-13-14-12(15-17-13)9-16-6-4-5-11(3)8-16/h10-11H,4-9H2,1-3H3. The van der Waals surface area contributed by atoms with Crippen LogP contribution < -0.4 is 0 Å². The maximum Gasteiger partial charge on any atom is 0.226 e. The summed E-state index contributed by atoms with van der Waals surface area (Å²) in [5.74, 6) is 2.99. The van der Waals surface area contributed by atoms with Gasteiger partial charge in [-0.25, -0.2) is 0 Å². The predicted octanol–water partition coefficient (Wildman–Crippen LogP) is 2.50. The first-order valence-electron chi connectivity index (χ1n) is 6.67. The van der Waals surface area contributed by atoms with E-state index >= 15 is 0 Å². The van der Waals surface area contributed by atoms with E-state index in [4.69, 9.17) is 4.52 Å². The van der Waals surface area contributed by atoms with Gasteiger partial charge in [0.1, 0.15) is 0 Å². The smallest absolute Gasteiger partial charge is 0.226 e. The highest BCUT2D eigenvalue weighted by Crippen LogP contribution is 2.17. The van der Waals surface area contributed by atoms with E-state index in [0.29, 0.717) is 5.92 Å². The molecule has 96 valence electrons. The largest absolute Gasteiger partial charge is 0.339 e. The average molecular weight is 237 g/mol. The molecule has 2 rings (SSSR count). The van der Waals surface area contributed by atoms with Gasteiger partial charge in [0.05, 0.1) is 6.54 Å². The second-order valence-electron chi connectivity index (χ2n) is 5.68. The van der Waals surface area contributed by atoms with E-state index in [9.17, 15) is 0 Å². The van der Waals surface area contributed by atoms with Crippen LogP contribution in [-0.4, -0.2) is 28.1 Å². The second kappa shape index (κ2) is 5.63. The molecule has 0 aliphatic carbocycles. The van der Waals surface area contributed by atoms with Crippen LogP contribution in [0.3, 0.4) is 0 Å². The first kappa shape index (κ1) is 12.6. The molecule has 0 amide bonds. The Morgan fingerprint density at radius 1 is 1.47 bits per heavy atom. The molecule has 0 aromatic carbocycles. The summed E-state index contributed by atoms with van der Waals surface area (Å²) in [6, 6.07) is 0. The number of hydrogen-bond donors (Lipinski definition) is 0. The lowest BCUT2D eigenvalue weighted by molar-refractivity contribution is 0.171. The van der Waals surface area contributed by atoms with Gasteiger partial charge in [0, 0.05) is 13.0 Å². The molecule has 17 heavy (non-hydrogen) atoms. The molecular weight excluding hydrogens is 214 g/mol. The second-order valence-corrected chi connectivity index (χ2v) is 5.68. The molecule has 1 aliphatic heterocycles. The number of piperidine rings is 1. The van der Waals surface area contributed by atoms with Crippen LogP contribution >= 0.6 is 0 Å². The molecule has 4 nitrogen and oxygen atoms in total. The molecule has 0 radical (unpaired) electrons. The summed E-state index contributed by atoms with van der Waals surface area (Å²) in [6.07, 6.45) is 3.52. The van der Waals surface area contributed by atoms with Crippen LogP contribution in [0.25, 0.3) is 0 Å². The summed E-state index contributed by atoms with van der Waals surface area (Å²) < 4.78 is 5.26. The Balaban J connectivity index is 1.87. The van der Waals surface area contributed by atoms with Gasteiger partial charge < -0.3 is 4.52 Å². The Morgan fingerprint density at radius 3 is 3.00 bits per heavy atom. The highest BCUT2D eigenvalue weighted by molar-refractivity contribution is 4.88. The molecule has 4 heteroatoms. The average Bonchev–Trinajstić information content (AvgIpc) is 2.64. The minimum Gasteiger partial charge on any atom is -0.339 e. The maximum atomic E-state index is 5.26. The highest BCUT2D eigenvalue weighted by Gasteiger charge is 2.18. The van der Waals surface area contributed by atoms with Crippen LogP contribution in [0.4, 0.5) is 0 Å². The van der Waals surface area contributed by atoms with Gasteiger partial charge in [-0.3, -0.25) is 4.90 Å². The summed E-state index contributed by atoms with van der Waals surface area (Å²) in [4.78, 5) is 6.88. The van der Waals surface area contributed by atoms with Crippen molar-refractivity contribution >= 4 is 0 Å². The molecule has 1 aromatic heterocycles. The van der Waals surface area contributed by atoms with Crippen LogP contribution in [-0.2, 0) is 13.0 Å². The zero-order valence-electron chi connectivity index (χ0n) is 11.1. The molecule has 1 fully saturated rings. The summed E-state index contributed by atoms with van der Waals surface area (Å²) in [6.45, 7) is 9.80. The molecule has 1 aromatic rings. The van der Waals surface area contributed by atoms with Gasteiger partial charge in [-0.15, -0.1) is 0 Å². The third-order valence-corrected chi connectivity index (χ3v) is 3.20. The molecule has 1 saturated heterocycles. The first-order chi connectivity index (χ1) is 8.13. The lowest BCUT2D eigenvalue weighted by Crippen LogP contribution is -2.34. The summed E-state index contributed by atoms with van der Waals surface area (Å²) >= 11 is 0. The molecule has 0 bridgehead atoms. The van der Waals surface area contributed by atoms with Gasteiger partial charge in [0.2, 0.25) is 5.89 Å². The topological polar surface area (TPSA) is 42.2 Å². The van der Waals surface area contributed by atoms with E-state index in [1.807, 2.05) is 0 Å². The number of likely N-dealkylation sites (tertiary alicyclic amines) is 1. The van der Waals surface area contributed by atoms with Gasteiger partial charge in [0.25, 0.3) is 0 Å². The van der Waals surface area contributed by atoms with Crippen molar-refractivity contribution < 1.29 is 4.52 Å². The Hall–Kier alpha value is -0.900. The number of rotatable bonds is 4. The van der Waals surface area contributed by atoms with Gasteiger partial charge in [-0.1, -0.05) is 25.9 Å². The van der Waals surface area contributed by atoms with Crippen LogP contribution in [0.1, 0.15) is 45.3 Å². The molecule has 1 aliphatic rings. The van der Waals surface area contributed by atoms with Gasteiger partial charge >= 0.3 is 0 Å². The minimum atomic E-state index is 0.568. The third kappa shape index (κ3) is 3.80. The fourth-order valence-electron chi connectivity index (χ4n) is 2.42. The normalized spacial score (nSPS) is 22.2. The Morgan fingerprint density at radius 2 is 2.29 bits per heavy atom.